The summed E-state index contributed by atoms with van der Waals surface area (Å²) in [4.78, 5) is 13.2. The molecule has 0 saturated heterocycles. The monoisotopic (exact) mass is 202 g/mol. The van der Waals surface area contributed by atoms with Crippen molar-refractivity contribution in [1.29, 1.82) is 0 Å². The number of carbonyl (C=O) groups is 1. The molecule has 0 aliphatic heterocycles. The maximum Gasteiger partial charge on any atom is 0.239 e. The first kappa shape index (κ1) is 13.4. The highest BCUT2D eigenvalue weighted by molar-refractivity contribution is 5.81. The summed E-state index contributed by atoms with van der Waals surface area (Å²) in [5, 5.41) is 9.06. The topological polar surface area (TPSA) is 66.6 Å². The van der Waals surface area contributed by atoms with E-state index in [1.807, 2.05) is 6.92 Å². The molecule has 0 bridgehead atoms. The normalized spacial score (nSPS) is 14.9. The third-order valence-corrected chi connectivity index (χ3v) is 2.18. The Bertz CT molecular complexity index is 172. The van der Waals surface area contributed by atoms with Gasteiger partial charge >= 0.3 is 0 Å². The number of likely N-dealkylation sites (N-methyl/N-ethyl adjacent to an activating group) is 1. The number of hydrogen-bond donors (Lipinski definition) is 2. The lowest BCUT2D eigenvalue weighted by Gasteiger charge is -2.21. The Balaban J connectivity index is 3.86. The Morgan fingerprint density at radius 3 is 2.50 bits per heavy atom. The molecular formula is C10H22N2O2. The summed E-state index contributed by atoms with van der Waals surface area (Å²) in [6.45, 7) is 4.28. The zero-order valence-electron chi connectivity index (χ0n) is 9.36. The van der Waals surface area contributed by atoms with Gasteiger partial charge in [0.2, 0.25) is 5.91 Å². The molecule has 0 rings (SSSR count). The van der Waals surface area contributed by atoms with Crippen LogP contribution in [0.2, 0.25) is 0 Å². The molecule has 14 heavy (non-hydrogen) atoms. The predicted molar refractivity (Wildman–Crippen MR) is 56.8 cm³/mol. The van der Waals surface area contributed by atoms with Crippen LogP contribution in [-0.4, -0.2) is 41.7 Å². The van der Waals surface area contributed by atoms with Gasteiger partial charge < -0.3 is 15.7 Å². The number of nitrogens with two attached hydrogens (primary N) is 1. The van der Waals surface area contributed by atoms with Crippen molar-refractivity contribution in [2.24, 2.45) is 5.73 Å². The lowest BCUT2D eigenvalue weighted by molar-refractivity contribution is -0.131. The highest BCUT2D eigenvalue weighted by atomic mass is 16.3. The van der Waals surface area contributed by atoms with Crippen molar-refractivity contribution in [3.8, 4) is 0 Å². The zero-order valence-corrected chi connectivity index (χ0v) is 9.36. The van der Waals surface area contributed by atoms with E-state index in [1.165, 1.54) is 0 Å². The van der Waals surface area contributed by atoms with E-state index in [9.17, 15) is 4.79 Å². The highest BCUT2D eigenvalue weighted by Gasteiger charge is 2.16. The summed E-state index contributed by atoms with van der Waals surface area (Å²) >= 11 is 0. The van der Waals surface area contributed by atoms with Crippen molar-refractivity contribution in [2.75, 3.05) is 13.6 Å². The minimum Gasteiger partial charge on any atom is -0.393 e. The zero-order chi connectivity index (χ0) is 11.1. The van der Waals surface area contributed by atoms with Gasteiger partial charge in [0.15, 0.2) is 0 Å². The van der Waals surface area contributed by atoms with Crippen LogP contribution in [0, 0.1) is 0 Å². The number of carbonyl (C=O) groups excluding carboxylic acids is 1. The van der Waals surface area contributed by atoms with Crippen molar-refractivity contribution in [3.05, 3.63) is 0 Å². The average molecular weight is 202 g/mol. The number of aliphatic hydroxyl groups excluding tert-OH is 1. The summed E-state index contributed by atoms with van der Waals surface area (Å²) in [5.74, 6) is -0.0347. The summed E-state index contributed by atoms with van der Waals surface area (Å²) in [5.41, 5.74) is 5.68. The van der Waals surface area contributed by atoms with E-state index in [4.69, 9.17) is 10.8 Å². The molecule has 0 aromatic carbocycles. The first-order valence-corrected chi connectivity index (χ1v) is 5.17. The smallest absolute Gasteiger partial charge is 0.239 e. The minimum atomic E-state index is -0.390. The second kappa shape index (κ2) is 6.79. The number of hydrogen-bond acceptors (Lipinski definition) is 3. The lowest BCUT2D eigenvalue weighted by atomic mass is 10.1. The molecule has 0 fully saturated rings. The molecule has 2 unspecified atom stereocenters. The van der Waals surface area contributed by atoms with Crippen LogP contribution >= 0.6 is 0 Å². The molecule has 84 valence electrons. The number of aliphatic hydroxyl groups is 1. The van der Waals surface area contributed by atoms with Gasteiger partial charge in [-0.25, -0.2) is 0 Å². The van der Waals surface area contributed by atoms with Crippen LogP contribution in [0.4, 0.5) is 0 Å². The van der Waals surface area contributed by atoms with Gasteiger partial charge in [-0.05, 0) is 19.8 Å². The molecule has 0 heterocycles. The van der Waals surface area contributed by atoms with Crippen LogP contribution in [0.25, 0.3) is 0 Å². The van der Waals surface area contributed by atoms with Crippen LogP contribution in [0.15, 0.2) is 0 Å². The van der Waals surface area contributed by atoms with Crippen molar-refractivity contribution in [3.63, 3.8) is 0 Å². The van der Waals surface area contributed by atoms with Crippen molar-refractivity contribution >= 4 is 5.91 Å². The van der Waals surface area contributed by atoms with E-state index >= 15 is 0 Å². The fourth-order valence-electron chi connectivity index (χ4n) is 1.21. The number of amides is 1. The SMILES string of the molecule is CCCC(N)C(=O)N(C)CCC(C)O. The van der Waals surface area contributed by atoms with Gasteiger partial charge in [0.1, 0.15) is 0 Å². The molecule has 0 aliphatic rings. The molecule has 0 spiro atoms. The fraction of sp³-hybridized carbons (Fsp3) is 0.900. The molecule has 4 nitrogen and oxygen atoms in total. The van der Waals surface area contributed by atoms with Gasteiger partial charge in [-0.15, -0.1) is 0 Å². The Labute approximate surface area is 86.1 Å². The summed E-state index contributed by atoms with van der Waals surface area (Å²) in [6.07, 6.45) is 1.86. The van der Waals surface area contributed by atoms with Crippen molar-refractivity contribution in [2.45, 2.75) is 45.3 Å². The van der Waals surface area contributed by atoms with E-state index in [0.29, 0.717) is 13.0 Å². The van der Waals surface area contributed by atoms with E-state index in [1.54, 1.807) is 18.9 Å². The first-order valence-electron chi connectivity index (χ1n) is 5.17. The minimum absolute atomic E-state index is 0.0347. The maximum atomic E-state index is 11.6. The Morgan fingerprint density at radius 2 is 2.07 bits per heavy atom. The molecule has 0 aromatic rings. The lowest BCUT2D eigenvalue weighted by Crippen LogP contribution is -2.42. The standard InChI is InChI=1S/C10H22N2O2/c1-4-5-9(11)10(14)12(3)7-6-8(2)13/h8-9,13H,4-7,11H2,1-3H3. The number of rotatable bonds is 6. The van der Waals surface area contributed by atoms with Crippen molar-refractivity contribution in [1.82, 2.24) is 4.90 Å². The molecule has 3 N–H and O–H groups in total. The van der Waals surface area contributed by atoms with E-state index in [-0.39, 0.29) is 18.1 Å². The van der Waals surface area contributed by atoms with Crippen LogP contribution in [0.5, 0.6) is 0 Å². The molecule has 0 radical (unpaired) electrons. The first-order chi connectivity index (χ1) is 6.49. The van der Waals surface area contributed by atoms with Crippen molar-refractivity contribution < 1.29 is 9.90 Å². The second-order valence-corrected chi connectivity index (χ2v) is 3.79. The Kier molecular flexibility index (Phi) is 6.49. The summed E-state index contributed by atoms with van der Waals surface area (Å²) in [6, 6.07) is -0.390. The molecule has 4 heteroatoms. The molecule has 1 amide bonds. The summed E-state index contributed by atoms with van der Waals surface area (Å²) < 4.78 is 0. The highest BCUT2D eigenvalue weighted by Crippen LogP contribution is 2.00. The van der Waals surface area contributed by atoms with Crippen LogP contribution < -0.4 is 5.73 Å². The quantitative estimate of drug-likeness (QED) is 0.653. The van der Waals surface area contributed by atoms with E-state index in [0.717, 1.165) is 12.8 Å². The maximum absolute atomic E-state index is 11.6. The molecular weight excluding hydrogens is 180 g/mol. The van der Waals surface area contributed by atoms with Crippen LogP contribution in [-0.2, 0) is 4.79 Å². The second-order valence-electron chi connectivity index (χ2n) is 3.79. The predicted octanol–water partition coefficient (Wildman–Crippen LogP) is 0.343. The van der Waals surface area contributed by atoms with E-state index < -0.39 is 0 Å². The molecule has 0 saturated carbocycles. The number of nitrogens with zero attached hydrogens (tertiary/aromatic N) is 1. The van der Waals surface area contributed by atoms with Gasteiger partial charge in [0, 0.05) is 13.6 Å². The average Bonchev–Trinajstić information content (AvgIpc) is 2.13. The van der Waals surface area contributed by atoms with Gasteiger partial charge in [0.25, 0.3) is 0 Å². The third kappa shape index (κ3) is 5.19. The molecule has 0 aliphatic carbocycles. The molecule has 0 aromatic heterocycles. The van der Waals surface area contributed by atoms with Gasteiger partial charge in [0.05, 0.1) is 12.1 Å². The molecule has 2 atom stereocenters. The Morgan fingerprint density at radius 1 is 1.50 bits per heavy atom. The Hall–Kier alpha value is -0.610. The van der Waals surface area contributed by atoms with Crippen LogP contribution in [0.3, 0.4) is 0 Å². The summed E-state index contributed by atoms with van der Waals surface area (Å²) in [7, 11) is 1.72. The largest absolute Gasteiger partial charge is 0.393 e. The van der Waals surface area contributed by atoms with Crippen LogP contribution in [0.1, 0.15) is 33.1 Å². The van der Waals surface area contributed by atoms with Gasteiger partial charge in [-0.3, -0.25) is 4.79 Å². The van der Waals surface area contributed by atoms with Gasteiger partial charge in [-0.1, -0.05) is 13.3 Å². The third-order valence-electron chi connectivity index (χ3n) is 2.18. The van der Waals surface area contributed by atoms with E-state index in [2.05, 4.69) is 0 Å². The van der Waals surface area contributed by atoms with Gasteiger partial charge in [-0.2, -0.15) is 0 Å². The fourth-order valence-corrected chi connectivity index (χ4v) is 1.21.